The molecule has 1 aromatic heterocycles. The maximum absolute atomic E-state index is 13.7. The molecule has 4 rings (SSSR count). The Bertz CT molecular complexity index is 1060. The Morgan fingerprint density at radius 2 is 2.13 bits per heavy atom. The van der Waals surface area contributed by atoms with Crippen molar-refractivity contribution in [1.29, 1.82) is 0 Å². The molecule has 0 saturated carbocycles. The van der Waals surface area contributed by atoms with Gasteiger partial charge in [-0.3, -0.25) is 9.78 Å². The van der Waals surface area contributed by atoms with Crippen molar-refractivity contribution in [2.45, 2.75) is 32.4 Å². The van der Waals surface area contributed by atoms with Crippen LogP contribution in [-0.4, -0.2) is 42.2 Å². The summed E-state index contributed by atoms with van der Waals surface area (Å²) in [7, 11) is 1.62. The maximum atomic E-state index is 13.7. The van der Waals surface area contributed by atoms with Crippen molar-refractivity contribution in [3.8, 4) is 5.75 Å². The number of nitrogens with zero attached hydrogens (tertiary/aromatic N) is 2. The van der Waals surface area contributed by atoms with E-state index in [0.29, 0.717) is 35.2 Å². The van der Waals surface area contributed by atoms with E-state index in [0.717, 1.165) is 30.8 Å². The minimum Gasteiger partial charge on any atom is -0.497 e. The lowest BCUT2D eigenvalue weighted by molar-refractivity contribution is 0.0508. The van der Waals surface area contributed by atoms with Crippen molar-refractivity contribution in [2.24, 2.45) is 0 Å². The molecule has 0 radical (unpaired) electrons. The predicted molar refractivity (Wildman–Crippen MR) is 113 cm³/mol. The summed E-state index contributed by atoms with van der Waals surface area (Å²) < 4.78 is 24.9. The normalized spacial score (nSPS) is 16.0. The van der Waals surface area contributed by atoms with Crippen molar-refractivity contribution in [3.63, 3.8) is 0 Å². The van der Waals surface area contributed by atoms with Crippen LogP contribution in [0.3, 0.4) is 0 Å². The number of carbonyl (C=O) groups excluding carboxylic acids is 1. The SMILES string of the molecule is COc1cccc(CN(CC2CCCO2)C(=O)c2cc(C)nc3cc(F)ccc23)c1. The Morgan fingerprint density at radius 1 is 1.27 bits per heavy atom. The molecule has 3 aromatic rings. The third-order valence-corrected chi connectivity index (χ3v) is 5.37. The van der Waals surface area contributed by atoms with Gasteiger partial charge in [0.15, 0.2) is 0 Å². The largest absolute Gasteiger partial charge is 0.497 e. The van der Waals surface area contributed by atoms with E-state index in [4.69, 9.17) is 9.47 Å². The number of rotatable bonds is 6. The van der Waals surface area contributed by atoms with E-state index >= 15 is 0 Å². The summed E-state index contributed by atoms with van der Waals surface area (Å²) in [4.78, 5) is 19.9. The van der Waals surface area contributed by atoms with E-state index < -0.39 is 0 Å². The first-order chi connectivity index (χ1) is 14.5. The second-order valence-electron chi connectivity index (χ2n) is 7.64. The highest BCUT2D eigenvalue weighted by Crippen LogP contribution is 2.24. The van der Waals surface area contributed by atoms with Gasteiger partial charge in [-0.15, -0.1) is 0 Å². The minimum atomic E-state index is -0.369. The average molecular weight is 408 g/mol. The van der Waals surface area contributed by atoms with Crippen LogP contribution in [0.15, 0.2) is 48.5 Å². The number of halogens is 1. The fourth-order valence-corrected chi connectivity index (χ4v) is 3.93. The second-order valence-corrected chi connectivity index (χ2v) is 7.64. The van der Waals surface area contributed by atoms with Crippen molar-refractivity contribution >= 4 is 16.8 Å². The molecule has 6 heteroatoms. The van der Waals surface area contributed by atoms with Gasteiger partial charge in [0.2, 0.25) is 0 Å². The van der Waals surface area contributed by atoms with E-state index in [2.05, 4.69) is 4.98 Å². The molecule has 0 spiro atoms. The van der Waals surface area contributed by atoms with Crippen LogP contribution in [0.2, 0.25) is 0 Å². The lowest BCUT2D eigenvalue weighted by Gasteiger charge is -2.26. The van der Waals surface area contributed by atoms with Crippen LogP contribution in [0.4, 0.5) is 4.39 Å². The molecule has 156 valence electrons. The number of amides is 1. The summed E-state index contributed by atoms with van der Waals surface area (Å²) in [5, 5.41) is 0.648. The first kappa shape index (κ1) is 20.3. The van der Waals surface area contributed by atoms with E-state index in [1.807, 2.05) is 36.1 Å². The highest BCUT2D eigenvalue weighted by atomic mass is 19.1. The topological polar surface area (TPSA) is 51.7 Å². The molecular weight excluding hydrogens is 383 g/mol. The summed E-state index contributed by atoms with van der Waals surface area (Å²) in [6.45, 7) is 3.47. The Kier molecular flexibility index (Phi) is 5.95. The minimum absolute atomic E-state index is 0.0196. The zero-order valence-electron chi connectivity index (χ0n) is 17.2. The molecule has 0 N–H and O–H groups in total. The van der Waals surface area contributed by atoms with E-state index in [1.165, 1.54) is 12.1 Å². The van der Waals surface area contributed by atoms with Gasteiger partial charge in [0.05, 0.1) is 24.3 Å². The number of ether oxygens (including phenoxy) is 2. The Labute approximate surface area is 175 Å². The van der Waals surface area contributed by atoms with Crippen molar-refractivity contribution in [2.75, 3.05) is 20.3 Å². The lowest BCUT2D eigenvalue weighted by Crippen LogP contribution is -2.37. The molecule has 1 saturated heterocycles. The third-order valence-electron chi connectivity index (χ3n) is 5.37. The summed E-state index contributed by atoms with van der Waals surface area (Å²) in [5.74, 6) is 0.264. The fraction of sp³-hybridized carbons (Fsp3) is 0.333. The van der Waals surface area contributed by atoms with Crippen molar-refractivity contribution in [3.05, 3.63) is 71.2 Å². The van der Waals surface area contributed by atoms with Crippen LogP contribution in [-0.2, 0) is 11.3 Å². The summed E-state index contributed by atoms with van der Waals surface area (Å²) >= 11 is 0. The molecule has 30 heavy (non-hydrogen) atoms. The molecule has 1 fully saturated rings. The van der Waals surface area contributed by atoms with E-state index in [-0.39, 0.29) is 17.8 Å². The number of fused-ring (bicyclic) bond motifs is 1. The molecule has 1 atom stereocenters. The molecule has 0 aliphatic carbocycles. The molecule has 5 nitrogen and oxygen atoms in total. The van der Waals surface area contributed by atoms with Gasteiger partial charge >= 0.3 is 0 Å². The van der Waals surface area contributed by atoms with Gasteiger partial charge in [0, 0.05) is 36.8 Å². The highest BCUT2D eigenvalue weighted by Gasteiger charge is 2.25. The van der Waals surface area contributed by atoms with Gasteiger partial charge in [-0.1, -0.05) is 12.1 Å². The van der Waals surface area contributed by atoms with Gasteiger partial charge < -0.3 is 14.4 Å². The van der Waals surface area contributed by atoms with Crippen LogP contribution in [0.5, 0.6) is 5.75 Å². The van der Waals surface area contributed by atoms with E-state index in [1.54, 1.807) is 19.2 Å². The maximum Gasteiger partial charge on any atom is 0.254 e. The number of aryl methyl sites for hydroxylation is 1. The number of hydrogen-bond acceptors (Lipinski definition) is 4. The molecule has 2 heterocycles. The molecular formula is C24H25FN2O3. The lowest BCUT2D eigenvalue weighted by atomic mass is 10.0. The molecule has 1 unspecified atom stereocenters. The van der Waals surface area contributed by atoms with E-state index in [9.17, 15) is 9.18 Å². The first-order valence-electron chi connectivity index (χ1n) is 10.1. The Hall–Kier alpha value is -2.99. The number of carbonyl (C=O) groups is 1. The van der Waals surface area contributed by atoms with Crippen molar-refractivity contribution < 1.29 is 18.7 Å². The Morgan fingerprint density at radius 3 is 2.90 bits per heavy atom. The van der Waals surface area contributed by atoms with Gasteiger partial charge in [0.1, 0.15) is 11.6 Å². The van der Waals surface area contributed by atoms with Crippen LogP contribution in [0.1, 0.15) is 34.5 Å². The molecule has 0 bridgehead atoms. The summed E-state index contributed by atoms with van der Waals surface area (Å²) in [5.41, 5.74) is 2.66. The zero-order chi connectivity index (χ0) is 21.1. The average Bonchev–Trinajstić information content (AvgIpc) is 3.25. The molecule has 1 aliphatic heterocycles. The van der Waals surface area contributed by atoms with Crippen LogP contribution < -0.4 is 4.74 Å². The van der Waals surface area contributed by atoms with Gasteiger partial charge in [-0.25, -0.2) is 4.39 Å². The predicted octanol–water partition coefficient (Wildman–Crippen LogP) is 4.51. The highest BCUT2D eigenvalue weighted by molar-refractivity contribution is 6.06. The monoisotopic (exact) mass is 408 g/mol. The first-order valence-corrected chi connectivity index (χ1v) is 10.1. The van der Waals surface area contributed by atoms with Crippen LogP contribution >= 0.6 is 0 Å². The van der Waals surface area contributed by atoms with Gasteiger partial charge in [-0.2, -0.15) is 0 Å². The standard InChI is InChI=1S/C24H25FN2O3/c1-16-11-22(21-9-8-18(25)13-23(21)26-16)24(28)27(15-20-7-4-10-30-20)14-17-5-3-6-19(12-17)29-2/h3,5-6,8-9,11-13,20H,4,7,10,14-15H2,1-2H3. The summed E-state index contributed by atoms with van der Waals surface area (Å²) in [6, 6.07) is 13.8. The van der Waals surface area contributed by atoms with Gasteiger partial charge in [-0.05, 0) is 55.7 Å². The number of methoxy groups -OCH3 is 1. The van der Waals surface area contributed by atoms with Crippen molar-refractivity contribution in [1.82, 2.24) is 9.88 Å². The number of hydrogen-bond donors (Lipinski definition) is 0. The zero-order valence-corrected chi connectivity index (χ0v) is 17.2. The van der Waals surface area contributed by atoms with Crippen LogP contribution in [0, 0.1) is 12.7 Å². The molecule has 1 amide bonds. The second kappa shape index (κ2) is 8.79. The smallest absolute Gasteiger partial charge is 0.254 e. The number of pyridine rings is 1. The van der Waals surface area contributed by atoms with Gasteiger partial charge in [0.25, 0.3) is 5.91 Å². The number of benzene rings is 2. The number of aromatic nitrogens is 1. The van der Waals surface area contributed by atoms with Crippen LogP contribution in [0.25, 0.3) is 10.9 Å². The third kappa shape index (κ3) is 4.44. The molecule has 2 aromatic carbocycles. The fourth-order valence-electron chi connectivity index (χ4n) is 3.93. The quantitative estimate of drug-likeness (QED) is 0.602. The summed E-state index contributed by atoms with van der Waals surface area (Å²) in [6.07, 6.45) is 1.96. The molecule has 1 aliphatic rings. The Balaban J connectivity index is 1.70.